The average Bonchev–Trinajstić information content (AvgIpc) is 2.93. The van der Waals surface area contributed by atoms with Gasteiger partial charge < -0.3 is 15.4 Å². The van der Waals surface area contributed by atoms with E-state index in [0.29, 0.717) is 28.0 Å². The number of ether oxygens (including phenoxy) is 1. The van der Waals surface area contributed by atoms with Gasteiger partial charge in [-0.2, -0.15) is 0 Å². The lowest BCUT2D eigenvalue weighted by Crippen LogP contribution is -2.32. The molecule has 0 spiro atoms. The summed E-state index contributed by atoms with van der Waals surface area (Å²) in [5.74, 6) is -0.910. The molecule has 1 heterocycles. The molecule has 0 saturated heterocycles. The quantitative estimate of drug-likeness (QED) is 0.209. The van der Waals surface area contributed by atoms with Crippen LogP contribution in [0.1, 0.15) is 35.3 Å². The number of halogens is 1. The monoisotopic (exact) mass is 574 g/mol. The number of hydrogen-bond donors (Lipinski definition) is 3. The Morgan fingerprint density at radius 2 is 1.71 bits per heavy atom. The molecule has 1 atom stereocenters. The molecule has 4 rings (SSSR count). The molecule has 0 aliphatic rings. The Bertz CT molecular complexity index is 1440. The third-order valence-corrected chi connectivity index (χ3v) is 6.58. The van der Waals surface area contributed by atoms with E-state index in [4.69, 9.17) is 4.74 Å². The van der Waals surface area contributed by atoms with Crippen molar-refractivity contribution in [3.63, 3.8) is 0 Å². The Kier molecular flexibility index (Phi) is 9.05. The van der Waals surface area contributed by atoms with E-state index < -0.39 is 12.0 Å². The molecule has 3 N–H and O–H groups in total. The van der Waals surface area contributed by atoms with Crippen LogP contribution < -0.4 is 16.0 Å². The summed E-state index contributed by atoms with van der Waals surface area (Å²) in [5, 5.41) is 10.3. The van der Waals surface area contributed by atoms with Gasteiger partial charge in [0.15, 0.2) is 0 Å². The van der Waals surface area contributed by atoms with E-state index in [1.165, 1.54) is 0 Å². The summed E-state index contributed by atoms with van der Waals surface area (Å²) in [6, 6.07) is 23.9. The first-order valence-electron chi connectivity index (χ1n) is 12.2. The number of fused-ring (bicyclic) bond motifs is 1. The van der Waals surface area contributed by atoms with Gasteiger partial charge in [-0.15, -0.1) is 0 Å². The summed E-state index contributed by atoms with van der Waals surface area (Å²) in [7, 11) is 0. The maximum atomic E-state index is 12.9. The molecule has 0 saturated carbocycles. The highest BCUT2D eigenvalue weighted by Gasteiger charge is 2.20. The smallest absolute Gasteiger partial charge is 0.411 e. The van der Waals surface area contributed by atoms with Crippen molar-refractivity contribution < 1.29 is 19.1 Å². The maximum Gasteiger partial charge on any atom is 0.411 e. The average molecular weight is 575 g/mol. The van der Waals surface area contributed by atoms with Crippen LogP contribution in [0.4, 0.5) is 16.2 Å². The number of aromatic nitrogens is 1. The van der Waals surface area contributed by atoms with Gasteiger partial charge in [-0.3, -0.25) is 19.9 Å². The van der Waals surface area contributed by atoms with Crippen LogP contribution >= 0.6 is 15.9 Å². The predicted octanol–water partition coefficient (Wildman–Crippen LogP) is 6.11. The zero-order chi connectivity index (χ0) is 26.9. The van der Waals surface area contributed by atoms with Crippen molar-refractivity contribution >= 4 is 56.0 Å². The number of nitrogens with one attached hydrogen (secondary N) is 3. The van der Waals surface area contributed by atoms with Crippen molar-refractivity contribution in [2.75, 3.05) is 23.8 Å². The molecule has 0 aliphatic carbocycles. The van der Waals surface area contributed by atoms with Gasteiger partial charge in [0.05, 0.1) is 23.8 Å². The summed E-state index contributed by atoms with van der Waals surface area (Å²) in [4.78, 5) is 41.6. The summed E-state index contributed by atoms with van der Waals surface area (Å²) in [6.07, 6.45) is 1.54. The van der Waals surface area contributed by atoms with Gasteiger partial charge in [0.25, 0.3) is 5.91 Å². The van der Waals surface area contributed by atoms with Crippen LogP contribution in [0.15, 0.2) is 89.5 Å². The van der Waals surface area contributed by atoms with E-state index in [1.54, 1.807) is 36.5 Å². The second-order valence-electron chi connectivity index (χ2n) is 8.45. The van der Waals surface area contributed by atoms with Crippen LogP contribution in [0.25, 0.3) is 10.8 Å². The van der Waals surface area contributed by atoms with Crippen molar-refractivity contribution in [1.82, 2.24) is 10.3 Å². The fraction of sp³-hybridized carbons (Fsp3) is 0.172. The molecule has 0 fully saturated rings. The first-order chi connectivity index (χ1) is 18.5. The number of carbonyl (C=O) groups excluding carboxylic acids is 3. The predicted molar refractivity (Wildman–Crippen MR) is 151 cm³/mol. The lowest BCUT2D eigenvalue weighted by molar-refractivity contribution is -0.122. The minimum absolute atomic E-state index is 0.0287. The number of anilines is 2. The standard InChI is InChI=1S/C29H27BrN4O4/c1-2-21(20-13-14-25(23(30)18-20)33-28(36)26-11-5-6-15-31-26)27(35)32-16-17-38-29(37)34-24-12-7-9-19-8-3-4-10-22(19)24/h3-15,18,21H,2,16-17H2,1H3,(H,32,35)(H,33,36)(H,34,37). The number of hydrogen-bond acceptors (Lipinski definition) is 5. The zero-order valence-electron chi connectivity index (χ0n) is 20.7. The van der Waals surface area contributed by atoms with Gasteiger partial charge in [0.2, 0.25) is 5.91 Å². The summed E-state index contributed by atoms with van der Waals surface area (Å²) < 4.78 is 5.91. The third kappa shape index (κ3) is 6.74. The lowest BCUT2D eigenvalue weighted by atomic mass is 9.95. The van der Waals surface area contributed by atoms with Gasteiger partial charge in [-0.1, -0.05) is 55.5 Å². The molecule has 0 aliphatic heterocycles. The first kappa shape index (κ1) is 26.8. The summed E-state index contributed by atoms with van der Waals surface area (Å²) in [5.41, 5.74) is 2.34. The van der Waals surface area contributed by atoms with Crippen molar-refractivity contribution in [2.45, 2.75) is 19.3 Å². The van der Waals surface area contributed by atoms with Crippen molar-refractivity contribution in [2.24, 2.45) is 0 Å². The minimum atomic E-state index is -0.588. The number of rotatable bonds is 9. The molecule has 38 heavy (non-hydrogen) atoms. The molecule has 9 heteroatoms. The summed E-state index contributed by atoms with van der Waals surface area (Å²) in [6.45, 7) is 2.13. The minimum Gasteiger partial charge on any atom is -0.447 e. The largest absolute Gasteiger partial charge is 0.447 e. The number of carbonyl (C=O) groups is 3. The topological polar surface area (TPSA) is 109 Å². The number of benzene rings is 3. The Balaban J connectivity index is 1.28. The molecule has 0 radical (unpaired) electrons. The second-order valence-corrected chi connectivity index (χ2v) is 9.30. The molecular formula is C29H27BrN4O4. The Labute approximate surface area is 228 Å². The number of nitrogens with zero attached hydrogens (tertiary/aromatic N) is 1. The molecule has 0 bridgehead atoms. The Morgan fingerprint density at radius 3 is 2.47 bits per heavy atom. The molecule has 1 aromatic heterocycles. The second kappa shape index (κ2) is 12.8. The van der Waals surface area contributed by atoms with Crippen molar-refractivity contribution in [3.05, 3.63) is 101 Å². The van der Waals surface area contributed by atoms with Gasteiger partial charge in [-0.25, -0.2) is 4.79 Å². The number of amides is 3. The molecular weight excluding hydrogens is 548 g/mol. The normalized spacial score (nSPS) is 11.4. The fourth-order valence-corrected chi connectivity index (χ4v) is 4.52. The van der Waals surface area contributed by atoms with E-state index in [1.807, 2.05) is 55.5 Å². The van der Waals surface area contributed by atoms with Crippen LogP contribution in [-0.2, 0) is 9.53 Å². The highest BCUT2D eigenvalue weighted by molar-refractivity contribution is 9.10. The maximum absolute atomic E-state index is 12.9. The Morgan fingerprint density at radius 1 is 0.921 bits per heavy atom. The van der Waals surface area contributed by atoms with Gasteiger partial charge >= 0.3 is 6.09 Å². The van der Waals surface area contributed by atoms with Gasteiger partial charge in [0.1, 0.15) is 12.3 Å². The molecule has 1 unspecified atom stereocenters. The highest BCUT2D eigenvalue weighted by Crippen LogP contribution is 2.29. The van der Waals surface area contributed by atoms with Gasteiger partial charge in [0, 0.05) is 16.1 Å². The molecule has 194 valence electrons. The fourth-order valence-electron chi connectivity index (χ4n) is 4.03. The first-order valence-corrected chi connectivity index (χ1v) is 13.0. The van der Waals surface area contributed by atoms with E-state index in [2.05, 4.69) is 36.9 Å². The van der Waals surface area contributed by atoms with Crippen LogP contribution in [0.2, 0.25) is 0 Å². The van der Waals surface area contributed by atoms with Crippen LogP contribution in [0, 0.1) is 0 Å². The molecule has 4 aromatic rings. The molecule has 3 aromatic carbocycles. The van der Waals surface area contributed by atoms with Crippen molar-refractivity contribution in [3.8, 4) is 0 Å². The molecule has 3 amide bonds. The zero-order valence-corrected chi connectivity index (χ0v) is 22.3. The van der Waals surface area contributed by atoms with E-state index >= 15 is 0 Å². The van der Waals surface area contributed by atoms with E-state index in [-0.39, 0.29) is 25.0 Å². The van der Waals surface area contributed by atoms with E-state index in [9.17, 15) is 14.4 Å². The number of pyridine rings is 1. The van der Waals surface area contributed by atoms with Crippen LogP contribution in [-0.4, -0.2) is 36.0 Å². The SMILES string of the molecule is CCC(C(=O)NCCOC(=O)Nc1cccc2ccccc12)c1ccc(NC(=O)c2ccccn2)c(Br)c1. The third-order valence-electron chi connectivity index (χ3n) is 5.93. The van der Waals surface area contributed by atoms with Crippen LogP contribution in [0.3, 0.4) is 0 Å². The van der Waals surface area contributed by atoms with Crippen LogP contribution in [0.5, 0.6) is 0 Å². The van der Waals surface area contributed by atoms with Gasteiger partial charge in [-0.05, 0) is 63.6 Å². The highest BCUT2D eigenvalue weighted by atomic mass is 79.9. The summed E-state index contributed by atoms with van der Waals surface area (Å²) >= 11 is 3.49. The van der Waals surface area contributed by atoms with Crippen molar-refractivity contribution in [1.29, 1.82) is 0 Å². The Hall–Kier alpha value is -4.24. The lowest BCUT2D eigenvalue weighted by Gasteiger charge is -2.17. The molecule has 8 nitrogen and oxygen atoms in total. The van der Waals surface area contributed by atoms with E-state index in [0.717, 1.165) is 16.3 Å².